The third-order valence-corrected chi connectivity index (χ3v) is 9.18. The Morgan fingerprint density at radius 2 is 1.91 bits per heavy atom. The van der Waals surface area contributed by atoms with Gasteiger partial charge in [-0.3, -0.25) is 9.59 Å². The first-order valence-electron chi connectivity index (χ1n) is 11.3. The van der Waals surface area contributed by atoms with E-state index in [1.807, 2.05) is 0 Å². The van der Waals surface area contributed by atoms with Gasteiger partial charge in [0.15, 0.2) is 28.6 Å². The highest BCUT2D eigenvalue weighted by Gasteiger charge is 2.80. The van der Waals surface area contributed by atoms with Crippen LogP contribution in [-0.4, -0.2) is 63.8 Å². The lowest BCUT2D eigenvalue weighted by atomic mass is 9.44. The molecule has 0 bridgehead atoms. The van der Waals surface area contributed by atoms with Gasteiger partial charge < -0.3 is 19.7 Å². The first-order chi connectivity index (χ1) is 14.8. The van der Waals surface area contributed by atoms with Gasteiger partial charge in [0.1, 0.15) is 12.8 Å². The first kappa shape index (κ1) is 22.3. The van der Waals surface area contributed by atoms with E-state index in [4.69, 9.17) is 9.47 Å². The number of allylic oxidation sites excluding steroid dienone is 4. The summed E-state index contributed by atoms with van der Waals surface area (Å²) >= 11 is 0. The monoisotopic (exact) mass is 452 g/mol. The molecule has 0 unspecified atom stereocenters. The number of Topliss-reactive ketones (excluding diaryl/α,β-unsaturated/α-hetero) is 1. The standard InChI is InChI=1S/C24H30F2O6/c1-20(2)31-19-9-13-14-8-16(25)15-7-12(28)5-6-21(15,3)23(14,26)17(29)10-22(13,4)24(19,32-20)18(30)11-27/h5-7,13-14,16-17,19,27,29H,8-11H2,1-4H3/t13-,14-,16+,17+,19+,21+,22-,23-,24+/m1/s1. The van der Waals surface area contributed by atoms with Gasteiger partial charge in [0.25, 0.3) is 0 Å². The molecular formula is C24H30F2O6. The molecule has 6 nitrogen and oxygen atoms in total. The van der Waals surface area contributed by atoms with E-state index >= 15 is 8.78 Å². The van der Waals surface area contributed by atoms with Gasteiger partial charge >= 0.3 is 0 Å². The van der Waals surface area contributed by atoms with E-state index < -0.39 is 76.3 Å². The molecule has 0 aromatic heterocycles. The van der Waals surface area contributed by atoms with Gasteiger partial charge in [-0.05, 0) is 63.7 Å². The normalized spacial score (nSPS) is 53.2. The van der Waals surface area contributed by atoms with Crippen LogP contribution in [0.4, 0.5) is 8.78 Å². The Bertz CT molecular complexity index is 960. The zero-order chi connectivity index (χ0) is 23.5. The van der Waals surface area contributed by atoms with Crippen LogP contribution in [0.3, 0.4) is 0 Å². The van der Waals surface area contributed by atoms with Crippen molar-refractivity contribution < 1.29 is 38.1 Å². The van der Waals surface area contributed by atoms with Crippen LogP contribution in [0, 0.1) is 22.7 Å². The Balaban J connectivity index is 1.66. The summed E-state index contributed by atoms with van der Waals surface area (Å²) in [5, 5.41) is 21.1. The molecule has 0 radical (unpaired) electrons. The lowest BCUT2D eigenvalue weighted by Crippen LogP contribution is -2.71. The van der Waals surface area contributed by atoms with Crippen LogP contribution in [0.1, 0.15) is 47.0 Å². The molecule has 1 saturated heterocycles. The Morgan fingerprint density at radius 1 is 1.22 bits per heavy atom. The van der Waals surface area contributed by atoms with E-state index in [0.717, 1.165) is 6.08 Å². The van der Waals surface area contributed by atoms with E-state index in [9.17, 15) is 19.8 Å². The van der Waals surface area contributed by atoms with Crippen LogP contribution in [0.2, 0.25) is 0 Å². The minimum absolute atomic E-state index is 0.0550. The maximum Gasteiger partial charge on any atom is 0.193 e. The second-order valence-electron chi connectivity index (χ2n) is 11.0. The van der Waals surface area contributed by atoms with E-state index in [-0.39, 0.29) is 24.8 Å². The zero-order valence-corrected chi connectivity index (χ0v) is 18.7. The molecule has 0 aromatic rings. The van der Waals surface area contributed by atoms with Crippen molar-refractivity contribution >= 4 is 11.6 Å². The molecule has 0 amide bonds. The highest BCUT2D eigenvalue weighted by atomic mass is 19.1. The highest BCUT2D eigenvalue weighted by molar-refractivity contribution is 6.01. The van der Waals surface area contributed by atoms with E-state index in [1.165, 1.54) is 19.1 Å². The maximum atomic E-state index is 17.1. The van der Waals surface area contributed by atoms with Crippen molar-refractivity contribution in [3.05, 3.63) is 23.8 Å². The number of alkyl halides is 2. The van der Waals surface area contributed by atoms with Crippen LogP contribution in [0.25, 0.3) is 0 Å². The molecule has 4 aliphatic carbocycles. The van der Waals surface area contributed by atoms with Crippen LogP contribution in [0.15, 0.2) is 23.8 Å². The van der Waals surface area contributed by atoms with Crippen LogP contribution >= 0.6 is 0 Å². The fourth-order valence-electron chi connectivity index (χ4n) is 7.92. The molecule has 9 atom stereocenters. The molecule has 5 aliphatic rings. The second-order valence-corrected chi connectivity index (χ2v) is 11.0. The molecule has 3 saturated carbocycles. The van der Waals surface area contributed by atoms with Gasteiger partial charge in [-0.1, -0.05) is 13.0 Å². The van der Waals surface area contributed by atoms with Gasteiger partial charge in [0.05, 0.1) is 12.2 Å². The van der Waals surface area contributed by atoms with Crippen LogP contribution < -0.4 is 0 Å². The number of fused-ring (bicyclic) bond motifs is 7. The van der Waals surface area contributed by atoms with Crippen molar-refractivity contribution in [2.75, 3.05) is 6.61 Å². The number of ketones is 2. The third kappa shape index (κ3) is 2.32. The number of ether oxygens (including phenoxy) is 2. The summed E-state index contributed by atoms with van der Waals surface area (Å²) in [6.45, 7) is 5.87. The molecule has 0 spiro atoms. The number of hydrogen-bond donors (Lipinski definition) is 2. The Hall–Kier alpha value is -1.48. The fourth-order valence-corrected chi connectivity index (χ4v) is 7.92. The van der Waals surface area contributed by atoms with E-state index in [2.05, 4.69) is 0 Å². The summed E-state index contributed by atoms with van der Waals surface area (Å²) in [6.07, 6.45) is -0.151. The van der Waals surface area contributed by atoms with Gasteiger partial charge in [0.2, 0.25) is 0 Å². The Morgan fingerprint density at radius 3 is 2.56 bits per heavy atom. The van der Waals surface area contributed by atoms with E-state index in [0.29, 0.717) is 0 Å². The second kappa shape index (κ2) is 6.34. The molecular weight excluding hydrogens is 422 g/mol. The molecule has 8 heteroatoms. The molecule has 2 N–H and O–H groups in total. The molecule has 5 rings (SSSR count). The number of carbonyl (C=O) groups is 2. The molecule has 32 heavy (non-hydrogen) atoms. The summed E-state index contributed by atoms with van der Waals surface area (Å²) in [6, 6.07) is 0. The minimum Gasteiger partial charge on any atom is -0.390 e. The Kier molecular flexibility index (Phi) is 4.42. The predicted octanol–water partition coefficient (Wildman–Crippen LogP) is 2.37. The molecule has 176 valence electrons. The lowest BCUT2D eigenvalue weighted by Gasteiger charge is -2.63. The quantitative estimate of drug-likeness (QED) is 0.668. The average molecular weight is 452 g/mol. The predicted molar refractivity (Wildman–Crippen MR) is 109 cm³/mol. The first-order valence-corrected chi connectivity index (χ1v) is 11.3. The number of aliphatic hydroxyl groups excluding tert-OH is 2. The average Bonchev–Trinajstić information content (AvgIpc) is 3.11. The van der Waals surface area contributed by atoms with Crippen LogP contribution in [-0.2, 0) is 19.1 Å². The topological polar surface area (TPSA) is 93.1 Å². The summed E-state index contributed by atoms with van der Waals surface area (Å²) in [5.41, 5.74) is -6.30. The summed E-state index contributed by atoms with van der Waals surface area (Å²) in [5.74, 6) is -3.53. The lowest BCUT2D eigenvalue weighted by molar-refractivity contribution is -0.248. The molecule has 1 heterocycles. The molecule has 4 fully saturated rings. The van der Waals surface area contributed by atoms with Crippen molar-refractivity contribution in [1.82, 2.24) is 0 Å². The van der Waals surface area contributed by atoms with Crippen molar-refractivity contribution in [3.63, 3.8) is 0 Å². The van der Waals surface area contributed by atoms with Crippen molar-refractivity contribution in [3.8, 4) is 0 Å². The maximum absolute atomic E-state index is 17.1. The highest BCUT2D eigenvalue weighted by Crippen LogP contribution is 2.72. The van der Waals surface area contributed by atoms with Gasteiger partial charge in [-0.2, -0.15) is 0 Å². The summed E-state index contributed by atoms with van der Waals surface area (Å²) < 4.78 is 44.8. The number of halogens is 2. The van der Waals surface area contributed by atoms with Crippen molar-refractivity contribution in [2.24, 2.45) is 22.7 Å². The number of hydrogen-bond acceptors (Lipinski definition) is 6. The molecule has 1 aliphatic heterocycles. The SMILES string of the molecule is CC1(C)O[C@H]2C[C@@H]3[C@H]4C[C@H](F)C5=CC(=O)C=C[C@]5(C)[C@]4(F)[C@@H](O)C[C@@]3(C)[C@@]2(C(=O)CO)O1. The van der Waals surface area contributed by atoms with E-state index in [1.54, 1.807) is 20.8 Å². The van der Waals surface area contributed by atoms with Crippen LogP contribution in [0.5, 0.6) is 0 Å². The molecule has 0 aromatic carbocycles. The van der Waals surface area contributed by atoms with Crippen molar-refractivity contribution in [1.29, 1.82) is 0 Å². The zero-order valence-electron chi connectivity index (χ0n) is 18.7. The van der Waals surface area contributed by atoms with Gasteiger partial charge in [-0.25, -0.2) is 8.78 Å². The summed E-state index contributed by atoms with van der Waals surface area (Å²) in [4.78, 5) is 25.1. The Labute approximate surface area is 185 Å². The number of carbonyl (C=O) groups excluding carboxylic acids is 2. The number of rotatable bonds is 2. The summed E-state index contributed by atoms with van der Waals surface area (Å²) in [7, 11) is 0. The minimum atomic E-state index is -2.24. The largest absolute Gasteiger partial charge is 0.390 e. The fraction of sp³-hybridized carbons (Fsp3) is 0.750. The van der Waals surface area contributed by atoms with Gasteiger partial charge in [0, 0.05) is 16.7 Å². The number of aliphatic hydroxyl groups is 2. The third-order valence-electron chi connectivity index (χ3n) is 9.18. The van der Waals surface area contributed by atoms with Gasteiger partial charge in [-0.15, -0.1) is 0 Å². The smallest absolute Gasteiger partial charge is 0.193 e. The van der Waals surface area contributed by atoms with Crippen molar-refractivity contribution in [2.45, 2.75) is 82.4 Å².